The van der Waals surface area contributed by atoms with Crippen LogP contribution in [0.4, 0.5) is 0 Å². The molecule has 1 saturated heterocycles. The van der Waals surface area contributed by atoms with E-state index in [1.165, 1.54) is 43.2 Å². The van der Waals surface area contributed by atoms with Crippen LogP contribution in [0, 0.1) is 0 Å². The van der Waals surface area contributed by atoms with Crippen LogP contribution in [-0.2, 0) is 0 Å². The maximum Gasteiger partial charge on any atom is 0.0480 e. The summed E-state index contributed by atoms with van der Waals surface area (Å²) >= 11 is 4.09. The molecule has 1 aliphatic heterocycles. The first kappa shape index (κ1) is 15.5. The van der Waals surface area contributed by atoms with Crippen LogP contribution in [0.5, 0.6) is 0 Å². The van der Waals surface area contributed by atoms with Crippen LogP contribution in [0.1, 0.15) is 25.7 Å². The average Bonchev–Trinajstić information content (AvgIpc) is 2.28. The van der Waals surface area contributed by atoms with Gasteiger partial charge in [-0.1, -0.05) is 37.9 Å². The average molecular weight is 287 g/mol. The highest BCUT2D eigenvalue weighted by Gasteiger charge is 2.09. The zero-order chi connectivity index (χ0) is 12.6. The van der Waals surface area contributed by atoms with Crippen molar-refractivity contribution in [2.24, 2.45) is 0 Å². The van der Waals surface area contributed by atoms with Gasteiger partial charge in [-0.2, -0.15) is 0 Å². The minimum atomic E-state index is -0.858. The van der Waals surface area contributed by atoms with Crippen LogP contribution < -0.4 is 0 Å². The SMILES string of the molecule is C[Si](C)(C)C/C=C/CCCC=C1SCCCS1. The molecule has 1 aliphatic rings. The maximum absolute atomic E-state index is 2.45. The van der Waals surface area contributed by atoms with Gasteiger partial charge < -0.3 is 0 Å². The van der Waals surface area contributed by atoms with E-state index in [2.05, 4.69) is 37.9 Å². The summed E-state index contributed by atoms with van der Waals surface area (Å²) < 4.78 is 1.57. The van der Waals surface area contributed by atoms with Crippen molar-refractivity contribution in [1.82, 2.24) is 0 Å². The van der Waals surface area contributed by atoms with Crippen molar-refractivity contribution in [3.63, 3.8) is 0 Å². The van der Waals surface area contributed by atoms with E-state index in [1.54, 1.807) is 4.24 Å². The first-order valence-electron chi connectivity index (χ1n) is 6.69. The zero-order valence-corrected chi connectivity index (χ0v) is 14.1. The quantitative estimate of drug-likeness (QED) is 0.346. The standard InChI is InChI=1S/C14H26S2Si/c1-17(2,3)13-8-6-4-5-7-10-14-15-11-9-12-16-14/h6,8,10H,4-5,7,9,11-13H2,1-3H3/b8-6+. The highest BCUT2D eigenvalue weighted by atomic mass is 32.2. The lowest BCUT2D eigenvalue weighted by atomic mass is 10.2. The molecule has 98 valence electrons. The van der Waals surface area contributed by atoms with Gasteiger partial charge in [0.1, 0.15) is 0 Å². The van der Waals surface area contributed by atoms with Crippen LogP contribution in [0.25, 0.3) is 0 Å². The fourth-order valence-electron chi connectivity index (χ4n) is 1.57. The first-order valence-corrected chi connectivity index (χ1v) is 12.4. The predicted octanol–water partition coefficient (Wildman–Crippen LogP) is 5.76. The Morgan fingerprint density at radius 3 is 2.41 bits per heavy atom. The summed E-state index contributed by atoms with van der Waals surface area (Å²) in [5.74, 6) is 2.66. The third kappa shape index (κ3) is 9.03. The van der Waals surface area contributed by atoms with Crippen molar-refractivity contribution in [2.75, 3.05) is 11.5 Å². The molecular weight excluding hydrogens is 260 g/mol. The van der Waals surface area contributed by atoms with Crippen LogP contribution >= 0.6 is 23.5 Å². The molecule has 1 heterocycles. The van der Waals surface area contributed by atoms with Gasteiger partial charge in [0, 0.05) is 12.3 Å². The summed E-state index contributed by atoms with van der Waals surface area (Å²) in [6.45, 7) is 7.29. The Morgan fingerprint density at radius 1 is 1.06 bits per heavy atom. The van der Waals surface area contributed by atoms with Crippen molar-refractivity contribution in [3.05, 3.63) is 22.5 Å². The highest BCUT2D eigenvalue weighted by Crippen LogP contribution is 2.34. The second-order valence-corrected chi connectivity index (χ2v) is 13.8. The molecule has 0 bridgehead atoms. The molecule has 0 aromatic heterocycles. The van der Waals surface area contributed by atoms with Crippen molar-refractivity contribution in [3.8, 4) is 0 Å². The molecule has 0 nitrogen and oxygen atoms in total. The normalized spacial score (nSPS) is 17.7. The lowest BCUT2D eigenvalue weighted by molar-refractivity contribution is 0.867. The summed E-state index contributed by atoms with van der Waals surface area (Å²) in [5.41, 5.74) is 0. The van der Waals surface area contributed by atoms with Crippen LogP contribution in [-0.4, -0.2) is 19.6 Å². The molecule has 0 saturated carbocycles. The van der Waals surface area contributed by atoms with Gasteiger partial charge in [-0.15, -0.1) is 23.5 Å². The minimum absolute atomic E-state index is 0.858. The second-order valence-electron chi connectivity index (χ2n) is 5.74. The summed E-state index contributed by atoms with van der Waals surface area (Å²) in [4.78, 5) is 0. The molecule has 0 aromatic rings. The molecule has 0 amide bonds. The molecule has 0 spiro atoms. The number of unbranched alkanes of at least 4 members (excludes halogenated alkanes) is 2. The summed E-state index contributed by atoms with van der Waals surface area (Å²) in [6, 6.07) is 1.33. The maximum atomic E-state index is 2.45. The third-order valence-corrected chi connectivity index (χ3v) is 6.62. The molecule has 1 rings (SSSR count). The molecule has 0 unspecified atom stereocenters. The van der Waals surface area contributed by atoms with E-state index in [0.29, 0.717) is 0 Å². The number of thioether (sulfide) groups is 2. The second kappa shape index (κ2) is 8.49. The molecule has 0 aromatic carbocycles. The van der Waals surface area contributed by atoms with Gasteiger partial charge >= 0.3 is 0 Å². The van der Waals surface area contributed by atoms with Crippen molar-refractivity contribution in [1.29, 1.82) is 0 Å². The zero-order valence-electron chi connectivity index (χ0n) is 11.5. The van der Waals surface area contributed by atoms with Gasteiger partial charge in [-0.05, 0) is 43.2 Å². The molecule has 0 atom stereocenters. The fourth-order valence-corrected chi connectivity index (χ4v) is 4.92. The van der Waals surface area contributed by atoms with Gasteiger partial charge in [0.2, 0.25) is 0 Å². The molecule has 17 heavy (non-hydrogen) atoms. The van der Waals surface area contributed by atoms with Crippen LogP contribution in [0.15, 0.2) is 22.5 Å². The number of hydrogen-bond acceptors (Lipinski definition) is 2. The van der Waals surface area contributed by atoms with Crippen molar-refractivity contribution < 1.29 is 0 Å². The van der Waals surface area contributed by atoms with Gasteiger partial charge in [0.05, 0.1) is 0 Å². The van der Waals surface area contributed by atoms with E-state index in [1.807, 2.05) is 23.5 Å². The Hall–Kier alpha value is 0.397. The van der Waals surface area contributed by atoms with Gasteiger partial charge in [0.15, 0.2) is 0 Å². The fraction of sp³-hybridized carbons (Fsp3) is 0.714. The van der Waals surface area contributed by atoms with Gasteiger partial charge in [0.25, 0.3) is 0 Å². The topological polar surface area (TPSA) is 0 Å². The number of allylic oxidation sites excluding steroid dienone is 3. The third-order valence-electron chi connectivity index (χ3n) is 2.56. The molecule has 1 fully saturated rings. The Labute approximate surface area is 117 Å². The lowest BCUT2D eigenvalue weighted by Crippen LogP contribution is -2.17. The van der Waals surface area contributed by atoms with E-state index in [-0.39, 0.29) is 0 Å². The summed E-state index contributed by atoms with van der Waals surface area (Å²) in [6.07, 6.45) is 12.4. The van der Waals surface area contributed by atoms with Crippen LogP contribution in [0.2, 0.25) is 25.7 Å². The lowest BCUT2D eigenvalue weighted by Gasteiger charge is -2.12. The largest absolute Gasteiger partial charge is 0.120 e. The Kier molecular flexibility index (Phi) is 7.72. The molecule has 0 N–H and O–H groups in total. The van der Waals surface area contributed by atoms with Gasteiger partial charge in [-0.3, -0.25) is 0 Å². The monoisotopic (exact) mass is 286 g/mol. The minimum Gasteiger partial charge on any atom is -0.120 e. The summed E-state index contributed by atoms with van der Waals surface area (Å²) in [5, 5.41) is 0. The van der Waals surface area contributed by atoms with E-state index < -0.39 is 8.07 Å². The van der Waals surface area contributed by atoms with E-state index in [0.717, 1.165) is 0 Å². The molecule has 0 aliphatic carbocycles. The van der Waals surface area contributed by atoms with Gasteiger partial charge in [-0.25, -0.2) is 0 Å². The van der Waals surface area contributed by atoms with Crippen LogP contribution in [0.3, 0.4) is 0 Å². The molecule has 0 radical (unpaired) electrons. The van der Waals surface area contributed by atoms with Crippen molar-refractivity contribution >= 4 is 31.6 Å². The molecular formula is C14H26S2Si. The van der Waals surface area contributed by atoms with E-state index in [9.17, 15) is 0 Å². The smallest absolute Gasteiger partial charge is 0.0480 e. The number of hydrogen-bond donors (Lipinski definition) is 0. The highest BCUT2D eigenvalue weighted by molar-refractivity contribution is 8.22. The first-order chi connectivity index (χ1) is 8.08. The number of rotatable bonds is 6. The predicted molar refractivity (Wildman–Crippen MR) is 88.8 cm³/mol. The Morgan fingerprint density at radius 2 is 1.76 bits per heavy atom. The van der Waals surface area contributed by atoms with E-state index >= 15 is 0 Å². The molecule has 3 heteroatoms. The summed E-state index contributed by atoms with van der Waals surface area (Å²) in [7, 11) is -0.858. The Balaban J connectivity index is 2.04. The Bertz CT molecular complexity index is 256. The van der Waals surface area contributed by atoms with Crippen molar-refractivity contribution in [2.45, 2.75) is 51.4 Å². The van der Waals surface area contributed by atoms with E-state index in [4.69, 9.17) is 0 Å².